The molecule has 0 spiro atoms. The van der Waals surface area contributed by atoms with E-state index < -0.39 is 62.7 Å². The van der Waals surface area contributed by atoms with Gasteiger partial charge in [0.15, 0.2) is 0 Å². The average Bonchev–Trinajstić information content (AvgIpc) is 2.49. The van der Waals surface area contributed by atoms with Crippen LogP contribution in [0, 0.1) is 0 Å². The molecule has 0 aliphatic rings. The van der Waals surface area contributed by atoms with E-state index in [1.54, 1.807) is 0 Å². The van der Waals surface area contributed by atoms with E-state index in [1.807, 2.05) is 0 Å². The molecular formula is C11H8F17NO3S. The summed E-state index contributed by atoms with van der Waals surface area (Å²) in [6, 6.07) is 0. The van der Waals surface area contributed by atoms with Gasteiger partial charge in [-0.1, -0.05) is 0 Å². The number of alkyl halides is 17. The second-order valence-electron chi connectivity index (χ2n) is 6.63. The molecule has 22 heteroatoms. The molecule has 0 fully saturated rings. The van der Waals surface area contributed by atoms with Crippen LogP contribution in [-0.2, 0) is 10.0 Å². The maximum Gasteiger partial charge on any atom is 0.460 e. The SMILES string of the molecule is CC(C)(O)NS(=O)(=O)C(F)(F)C(F)(F)C(F)(F)C(F)(F)C(F)(F)C(F)(F)C(F)(F)C(F)(F)F. The predicted molar refractivity (Wildman–Crippen MR) is 69.0 cm³/mol. The van der Waals surface area contributed by atoms with Gasteiger partial charge in [-0.15, -0.1) is 0 Å². The molecule has 33 heavy (non-hydrogen) atoms. The molecule has 0 atom stereocenters. The smallest absolute Gasteiger partial charge is 0.375 e. The lowest BCUT2D eigenvalue weighted by Crippen LogP contribution is -2.75. The van der Waals surface area contributed by atoms with Gasteiger partial charge in [-0.25, -0.2) is 8.42 Å². The highest BCUT2D eigenvalue weighted by molar-refractivity contribution is 7.90. The molecule has 0 heterocycles. The Kier molecular flexibility index (Phi) is 7.28. The van der Waals surface area contributed by atoms with Gasteiger partial charge in [0.05, 0.1) is 0 Å². The highest BCUT2D eigenvalue weighted by Crippen LogP contribution is 2.64. The second kappa shape index (κ2) is 7.59. The topological polar surface area (TPSA) is 66.4 Å². The van der Waals surface area contributed by atoms with Crippen molar-refractivity contribution in [3.8, 4) is 0 Å². The molecule has 4 nitrogen and oxygen atoms in total. The van der Waals surface area contributed by atoms with Crippen LogP contribution >= 0.6 is 0 Å². The van der Waals surface area contributed by atoms with Crippen molar-refractivity contribution in [1.29, 1.82) is 0 Å². The Morgan fingerprint density at radius 3 is 1.00 bits per heavy atom. The maximum atomic E-state index is 13.6. The maximum absolute atomic E-state index is 13.6. The molecule has 0 aromatic rings. The van der Waals surface area contributed by atoms with Crippen LogP contribution in [0.3, 0.4) is 0 Å². The zero-order valence-corrected chi connectivity index (χ0v) is 15.9. The third-order valence-corrected chi connectivity index (χ3v) is 5.11. The lowest BCUT2D eigenvalue weighted by atomic mass is 9.91. The first-order valence-electron chi connectivity index (χ1n) is 7.18. The number of halogens is 17. The number of rotatable bonds is 9. The third kappa shape index (κ3) is 4.29. The summed E-state index contributed by atoms with van der Waals surface area (Å²) in [4.78, 5) is 0. The first-order valence-corrected chi connectivity index (χ1v) is 8.66. The van der Waals surface area contributed by atoms with Crippen LogP contribution in [0.2, 0.25) is 0 Å². The van der Waals surface area contributed by atoms with Gasteiger partial charge >= 0.3 is 47.0 Å². The molecule has 0 bridgehead atoms. The van der Waals surface area contributed by atoms with Crippen molar-refractivity contribution in [2.24, 2.45) is 0 Å². The van der Waals surface area contributed by atoms with Crippen molar-refractivity contribution in [2.45, 2.75) is 66.5 Å². The van der Waals surface area contributed by atoms with Crippen LogP contribution in [0.1, 0.15) is 13.8 Å². The van der Waals surface area contributed by atoms with Crippen LogP contribution in [-0.4, -0.2) is 66.2 Å². The molecule has 0 aromatic carbocycles. The molecule has 0 aromatic heterocycles. The Bertz CT molecular complexity index is 839. The van der Waals surface area contributed by atoms with Crippen molar-refractivity contribution in [3.05, 3.63) is 0 Å². The van der Waals surface area contributed by atoms with Gasteiger partial charge in [0.25, 0.3) is 10.0 Å². The number of sulfonamides is 1. The van der Waals surface area contributed by atoms with E-state index in [4.69, 9.17) is 5.11 Å². The number of hydrogen-bond donors (Lipinski definition) is 2. The molecule has 0 unspecified atom stereocenters. The highest BCUT2D eigenvalue weighted by Gasteiger charge is 2.96. The second-order valence-corrected chi connectivity index (χ2v) is 8.35. The van der Waals surface area contributed by atoms with Gasteiger partial charge in [0, 0.05) is 0 Å². The Balaban J connectivity index is 6.96. The molecule has 0 saturated carbocycles. The van der Waals surface area contributed by atoms with Gasteiger partial charge < -0.3 is 5.11 Å². The monoisotopic (exact) mass is 557 g/mol. The summed E-state index contributed by atoms with van der Waals surface area (Å²) in [5.41, 5.74) is -3.26. The minimum atomic E-state index is -8.89. The van der Waals surface area contributed by atoms with Crippen LogP contribution in [0.15, 0.2) is 0 Å². The quantitative estimate of drug-likeness (QED) is 0.322. The van der Waals surface area contributed by atoms with Crippen LogP contribution in [0.25, 0.3) is 0 Å². The molecule has 0 aliphatic carbocycles. The van der Waals surface area contributed by atoms with E-state index in [0.29, 0.717) is 0 Å². The summed E-state index contributed by atoms with van der Waals surface area (Å²) in [7, 11) is -7.51. The standard InChI is InChI=1S/C11H8F17NO3S/c1-3(2,30)29-33(31,32)11(27,28)9(22,23)7(18,19)5(14,15)4(12,13)6(16,17)8(20,21)10(24,25)26/h29-30H,1-2H3. The Hall–Kier alpha value is -1.32. The summed E-state index contributed by atoms with van der Waals surface area (Å²) < 4.78 is 244. The fourth-order valence-corrected chi connectivity index (χ4v) is 2.96. The Morgan fingerprint density at radius 1 is 0.515 bits per heavy atom. The minimum Gasteiger partial charge on any atom is -0.375 e. The number of nitrogens with one attached hydrogen (secondary N) is 1. The van der Waals surface area contributed by atoms with Gasteiger partial charge in [0.1, 0.15) is 5.72 Å². The van der Waals surface area contributed by atoms with Gasteiger partial charge in [-0.3, -0.25) is 0 Å². The van der Waals surface area contributed by atoms with E-state index in [0.717, 1.165) is 0 Å². The van der Waals surface area contributed by atoms with Crippen LogP contribution in [0.5, 0.6) is 0 Å². The number of aliphatic hydroxyl groups is 1. The molecule has 0 rings (SSSR count). The van der Waals surface area contributed by atoms with Gasteiger partial charge in [0.2, 0.25) is 0 Å². The lowest BCUT2D eigenvalue weighted by Gasteiger charge is -2.42. The summed E-state index contributed by atoms with van der Waals surface area (Å²) >= 11 is 0. The minimum absolute atomic E-state index is 0.0937. The molecule has 2 N–H and O–H groups in total. The van der Waals surface area contributed by atoms with E-state index >= 15 is 0 Å². The van der Waals surface area contributed by atoms with Gasteiger partial charge in [-0.2, -0.15) is 79.4 Å². The average molecular weight is 557 g/mol. The number of hydrogen-bond acceptors (Lipinski definition) is 3. The Morgan fingerprint density at radius 2 is 0.758 bits per heavy atom. The zero-order chi connectivity index (χ0) is 27.7. The molecule has 0 saturated heterocycles. The zero-order valence-electron chi connectivity index (χ0n) is 15.1. The van der Waals surface area contributed by atoms with Gasteiger partial charge in [-0.05, 0) is 13.8 Å². The molecular weight excluding hydrogens is 549 g/mol. The van der Waals surface area contributed by atoms with E-state index in [9.17, 15) is 83.1 Å². The summed E-state index contributed by atoms with van der Waals surface area (Å²) in [5.74, 6) is -51.9. The molecule has 0 radical (unpaired) electrons. The highest BCUT2D eigenvalue weighted by atomic mass is 32.2. The Labute approximate surface area is 170 Å². The largest absolute Gasteiger partial charge is 0.460 e. The molecule has 0 amide bonds. The summed E-state index contributed by atoms with van der Waals surface area (Å²) in [6.07, 6.45) is -7.89. The van der Waals surface area contributed by atoms with Crippen molar-refractivity contribution >= 4 is 10.0 Å². The molecule has 0 aliphatic heterocycles. The van der Waals surface area contributed by atoms with E-state index in [-0.39, 0.29) is 18.6 Å². The van der Waals surface area contributed by atoms with E-state index in [1.165, 1.54) is 0 Å². The van der Waals surface area contributed by atoms with Crippen molar-refractivity contribution < 1.29 is 88.2 Å². The fraction of sp³-hybridized carbons (Fsp3) is 1.00. The van der Waals surface area contributed by atoms with Crippen molar-refractivity contribution in [2.75, 3.05) is 0 Å². The molecule has 200 valence electrons. The third-order valence-electron chi connectivity index (χ3n) is 3.41. The summed E-state index contributed by atoms with van der Waals surface area (Å²) in [6.45, 7) is 0.277. The predicted octanol–water partition coefficient (Wildman–Crippen LogP) is 4.60. The summed E-state index contributed by atoms with van der Waals surface area (Å²) in [5, 5.41) is 1.23. The first kappa shape index (κ1) is 31.7. The van der Waals surface area contributed by atoms with Crippen LogP contribution < -0.4 is 4.72 Å². The fourth-order valence-electron chi connectivity index (χ4n) is 1.71. The van der Waals surface area contributed by atoms with Crippen LogP contribution in [0.4, 0.5) is 74.6 Å². The van der Waals surface area contributed by atoms with Crippen molar-refractivity contribution in [1.82, 2.24) is 4.72 Å². The first-order chi connectivity index (χ1) is 13.7. The normalized spacial score (nSPS) is 16.8. The van der Waals surface area contributed by atoms with E-state index in [2.05, 4.69) is 0 Å². The lowest BCUT2D eigenvalue weighted by molar-refractivity contribution is -0.458. The van der Waals surface area contributed by atoms with Crippen molar-refractivity contribution in [3.63, 3.8) is 0 Å².